The third-order valence-corrected chi connectivity index (χ3v) is 2.59. The summed E-state index contributed by atoms with van der Waals surface area (Å²) >= 11 is 0. The van der Waals surface area contributed by atoms with Crippen LogP contribution >= 0.6 is 0 Å². The first-order chi connectivity index (χ1) is 9.08. The topological polar surface area (TPSA) is 55.2 Å². The first-order valence-electron chi connectivity index (χ1n) is 5.49. The molecular weight excluding hydrogens is 254 g/mol. The van der Waals surface area contributed by atoms with Crippen molar-refractivity contribution in [2.24, 2.45) is 0 Å². The predicted octanol–water partition coefficient (Wildman–Crippen LogP) is 3.49. The maximum absolute atomic E-state index is 13.5. The largest absolute Gasteiger partial charge is 0.378 e. The van der Waals surface area contributed by atoms with Gasteiger partial charge in [0.1, 0.15) is 11.6 Å². The summed E-state index contributed by atoms with van der Waals surface area (Å²) in [4.78, 5) is 9.97. The van der Waals surface area contributed by atoms with E-state index in [1.54, 1.807) is 18.2 Å². The van der Waals surface area contributed by atoms with Gasteiger partial charge in [-0.25, -0.2) is 8.78 Å². The Kier molecular flexibility index (Phi) is 3.70. The molecule has 0 aromatic heterocycles. The molecule has 1 N–H and O–H groups in total. The van der Waals surface area contributed by atoms with Crippen molar-refractivity contribution in [3.8, 4) is 0 Å². The first kappa shape index (κ1) is 12.9. The lowest BCUT2D eigenvalue weighted by Crippen LogP contribution is -2.04. The van der Waals surface area contributed by atoms with Gasteiger partial charge in [0.15, 0.2) is 0 Å². The van der Waals surface area contributed by atoms with Gasteiger partial charge in [-0.15, -0.1) is 0 Å². The van der Waals surface area contributed by atoms with Crippen LogP contribution in [-0.4, -0.2) is 4.92 Å². The molecule has 6 heteroatoms. The molecule has 0 aliphatic carbocycles. The summed E-state index contributed by atoms with van der Waals surface area (Å²) < 4.78 is 26.8. The van der Waals surface area contributed by atoms with Gasteiger partial charge in [0.25, 0.3) is 5.69 Å². The molecule has 0 fully saturated rings. The van der Waals surface area contributed by atoms with Gasteiger partial charge in [0.2, 0.25) is 0 Å². The minimum Gasteiger partial charge on any atom is -0.378 e. The highest BCUT2D eigenvalue weighted by Gasteiger charge is 2.11. The highest BCUT2D eigenvalue weighted by Crippen LogP contribution is 2.22. The van der Waals surface area contributed by atoms with E-state index >= 15 is 0 Å². The van der Waals surface area contributed by atoms with E-state index in [-0.39, 0.29) is 17.9 Å². The molecule has 0 spiro atoms. The van der Waals surface area contributed by atoms with E-state index in [1.807, 2.05) is 0 Å². The third-order valence-electron chi connectivity index (χ3n) is 2.59. The first-order valence-corrected chi connectivity index (χ1v) is 5.49. The van der Waals surface area contributed by atoms with Gasteiger partial charge in [-0.3, -0.25) is 10.1 Å². The van der Waals surface area contributed by atoms with Crippen molar-refractivity contribution in [1.29, 1.82) is 0 Å². The van der Waals surface area contributed by atoms with Crippen molar-refractivity contribution >= 4 is 11.4 Å². The molecule has 2 aromatic carbocycles. The van der Waals surface area contributed by atoms with Crippen LogP contribution in [0.1, 0.15) is 5.56 Å². The molecule has 0 heterocycles. The van der Waals surface area contributed by atoms with Gasteiger partial charge in [0.05, 0.1) is 10.6 Å². The lowest BCUT2D eigenvalue weighted by Gasteiger charge is -2.08. The minimum absolute atomic E-state index is 0.0301. The number of anilines is 1. The number of nitro benzene ring substituents is 1. The Bertz CT molecular complexity index is 617. The van der Waals surface area contributed by atoms with Crippen molar-refractivity contribution in [2.45, 2.75) is 6.54 Å². The summed E-state index contributed by atoms with van der Waals surface area (Å²) in [6.07, 6.45) is 0. The van der Waals surface area contributed by atoms with E-state index in [0.29, 0.717) is 5.56 Å². The molecule has 19 heavy (non-hydrogen) atoms. The molecule has 98 valence electrons. The van der Waals surface area contributed by atoms with Crippen LogP contribution in [0.3, 0.4) is 0 Å². The number of benzene rings is 2. The van der Waals surface area contributed by atoms with E-state index in [4.69, 9.17) is 0 Å². The van der Waals surface area contributed by atoms with Crippen molar-refractivity contribution in [3.05, 3.63) is 69.8 Å². The Morgan fingerprint density at radius 3 is 2.53 bits per heavy atom. The highest BCUT2D eigenvalue weighted by atomic mass is 19.1. The number of nitro groups is 1. The molecule has 0 aliphatic heterocycles. The molecular formula is C13H10F2N2O2. The SMILES string of the molecule is O=[N+]([O-])c1ccc(F)c(NCc2ccccc2F)c1. The molecule has 2 rings (SSSR count). The summed E-state index contributed by atoms with van der Waals surface area (Å²) in [6.45, 7) is 0.0464. The second-order valence-electron chi connectivity index (χ2n) is 3.87. The molecule has 0 saturated heterocycles. The van der Waals surface area contributed by atoms with E-state index in [9.17, 15) is 18.9 Å². The Hall–Kier alpha value is -2.50. The van der Waals surface area contributed by atoms with Crippen LogP contribution < -0.4 is 5.32 Å². The third kappa shape index (κ3) is 3.04. The van der Waals surface area contributed by atoms with Crippen LogP contribution in [0.15, 0.2) is 42.5 Å². The molecule has 2 aromatic rings. The van der Waals surface area contributed by atoms with Crippen LogP contribution in [0.5, 0.6) is 0 Å². The molecule has 0 bridgehead atoms. The standard InChI is InChI=1S/C13H10F2N2O2/c14-11-4-2-1-3-9(11)8-16-13-7-10(17(18)19)5-6-12(13)15/h1-7,16H,8H2. The fraction of sp³-hybridized carbons (Fsp3) is 0.0769. The van der Waals surface area contributed by atoms with Gasteiger partial charge in [-0.1, -0.05) is 18.2 Å². The average Bonchev–Trinajstić information content (AvgIpc) is 2.39. The Morgan fingerprint density at radius 2 is 1.84 bits per heavy atom. The smallest absolute Gasteiger partial charge is 0.271 e. The fourth-order valence-corrected chi connectivity index (χ4v) is 1.59. The van der Waals surface area contributed by atoms with Gasteiger partial charge in [-0.2, -0.15) is 0 Å². The maximum Gasteiger partial charge on any atom is 0.271 e. The minimum atomic E-state index is -0.623. The van der Waals surface area contributed by atoms with E-state index < -0.39 is 16.6 Å². The second kappa shape index (κ2) is 5.43. The van der Waals surface area contributed by atoms with E-state index in [0.717, 1.165) is 18.2 Å². The van der Waals surface area contributed by atoms with Crippen molar-refractivity contribution in [3.63, 3.8) is 0 Å². The van der Waals surface area contributed by atoms with Gasteiger partial charge in [-0.05, 0) is 12.1 Å². The predicted molar refractivity (Wildman–Crippen MR) is 66.8 cm³/mol. The molecule has 0 amide bonds. The average molecular weight is 264 g/mol. The van der Waals surface area contributed by atoms with Crippen LogP contribution in [0.4, 0.5) is 20.2 Å². The molecule has 0 radical (unpaired) electrons. The number of halogens is 2. The van der Waals surface area contributed by atoms with Crippen LogP contribution in [0.25, 0.3) is 0 Å². The quantitative estimate of drug-likeness (QED) is 0.679. The monoisotopic (exact) mass is 264 g/mol. The Labute approximate surface area is 107 Å². The summed E-state index contributed by atoms with van der Waals surface area (Å²) in [7, 11) is 0. The number of hydrogen-bond donors (Lipinski definition) is 1. The number of non-ortho nitro benzene ring substituents is 1. The number of nitrogens with one attached hydrogen (secondary N) is 1. The summed E-state index contributed by atoms with van der Waals surface area (Å²) in [5.41, 5.74) is 0.100. The summed E-state index contributed by atoms with van der Waals surface area (Å²) in [5, 5.41) is 13.2. The van der Waals surface area contributed by atoms with Crippen LogP contribution in [0.2, 0.25) is 0 Å². The number of rotatable bonds is 4. The highest BCUT2D eigenvalue weighted by molar-refractivity contribution is 5.52. The molecule has 4 nitrogen and oxygen atoms in total. The number of nitrogens with zero attached hydrogens (tertiary/aromatic N) is 1. The van der Waals surface area contributed by atoms with Crippen molar-refractivity contribution in [2.75, 3.05) is 5.32 Å². The zero-order valence-corrected chi connectivity index (χ0v) is 9.77. The van der Waals surface area contributed by atoms with Gasteiger partial charge >= 0.3 is 0 Å². The van der Waals surface area contributed by atoms with Crippen molar-refractivity contribution < 1.29 is 13.7 Å². The normalized spacial score (nSPS) is 10.2. The molecule has 0 atom stereocenters. The van der Waals surface area contributed by atoms with E-state index in [2.05, 4.69) is 5.32 Å². The Morgan fingerprint density at radius 1 is 1.11 bits per heavy atom. The summed E-state index contributed by atoms with van der Waals surface area (Å²) in [6, 6.07) is 9.21. The lowest BCUT2D eigenvalue weighted by molar-refractivity contribution is -0.384. The maximum atomic E-state index is 13.5. The number of hydrogen-bond acceptors (Lipinski definition) is 3. The molecule has 0 unspecified atom stereocenters. The zero-order chi connectivity index (χ0) is 13.8. The van der Waals surface area contributed by atoms with Crippen LogP contribution in [-0.2, 0) is 6.54 Å². The van der Waals surface area contributed by atoms with E-state index in [1.165, 1.54) is 6.07 Å². The molecule has 0 saturated carbocycles. The Balaban J connectivity index is 2.17. The van der Waals surface area contributed by atoms with Crippen molar-refractivity contribution in [1.82, 2.24) is 0 Å². The van der Waals surface area contributed by atoms with Crippen LogP contribution in [0, 0.1) is 21.7 Å². The second-order valence-corrected chi connectivity index (χ2v) is 3.87. The zero-order valence-electron chi connectivity index (χ0n) is 9.77. The summed E-state index contributed by atoms with van der Waals surface area (Å²) in [5.74, 6) is -1.04. The lowest BCUT2D eigenvalue weighted by atomic mass is 10.2. The molecule has 0 aliphatic rings. The van der Waals surface area contributed by atoms with Gasteiger partial charge < -0.3 is 5.32 Å². The van der Waals surface area contributed by atoms with Gasteiger partial charge in [0, 0.05) is 24.2 Å². The fourth-order valence-electron chi connectivity index (χ4n) is 1.59.